The first kappa shape index (κ1) is 16.8. The maximum absolute atomic E-state index is 12.3. The van der Waals surface area contributed by atoms with Crippen molar-refractivity contribution in [2.45, 2.75) is 39.0 Å². The molecule has 1 unspecified atom stereocenters. The van der Waals surface area contributed by atoms with Crippen molar-refractivity contribution in [2.24, 2.45) is 7.05 Å². The summed E-state index contributed by atoms with van der Waals surface area (Å²) in [5.41, 5.74) is -0.486. The summed E-state index contributed by atoms with van der Waals surface area (Å²) in [6.07, 6.45) is 3.40. The second kappa shape index (κ2) is 7.11. The Hall–Kier alpha value is -1.60. The van der Waals surface area contributed by atoms with Crippen molar-refractivity contribution in [3.63, 3.8) is 0 Å². The predicted molar refractivity (Wildman–Crippen MR) is 82.5 cm³/mol. The number of carbonyl (C=O) groups is 1. The van der Waals surface area contributed by atoms with Gasteiger partial charge in [-0.3, -0.25) is 4.90 Å². The molecule has 0 bridgehead atoms. The minimum absolute atomic E-state index is 0.0242. The van der Waals surface area contributed by atoms with Crippen molar-refractivity contribution in [1.29, 1.82) is 0 Å². The third-order valence-electron chi connectivity index (χ3n) is 3.44. The molecule has 0 spiro atoms. The third kappa shape index (κ3) is 4.71. The van der Waals surface area contributed by atoms with Crippen molar-refractivity contribution in [2.75, 3.05) is 26.3 Å². The van der Waals surface area contributed by atoms with Gasteiger partial charge in [-0.1, -0.05) is 0 Å². The lowest BCUT2D eigenvalue weighted by Gasteiger charge is -2.36. The Bertz CT molecular complexity index is 495. The standard InChI is InChI=1S/C15H26N4O3/c1-15(2,3)22-14(20)19-7-8-21-11-12(19)9-16-10-13-17-5-6-18(13)4/h5-6,12,16H,7-11H2,1-4H3. The van der Waals surface area contributed by atoms with Gasteiger partial charge in [0.05, 0.1) is 25.8 Å². The summed E-state index contributed by atoms with van der Waals surface area (Å²) in [4.78, 5) is 18.3. The van der Waals surface area contributed by atoms with Gasteiger partial charge < -0.3 is 19.4 Å². The Labute approximate surface area is 131 Å². The fourth-order valence-corrected chi connectivity index (χ4v) is 2.30. The smallest absolute Gasteiger partial charge is 0.410 e. The lowest BCUT2D eigenvalue weighted by molar-refractivity contribution is -0.0318. The molecule has 124 valence electrons. The van der Waals surface area contributed by atoms with Crippen LogP contribution < -0.4 is 5.32 Å². The van der Waals surface area contributed by atoms with Crippen LogP contribution in [0.5, 0.6) is 0 Å². The molecule has 0 radical (unpaired) electrons. The van der Waals surface area contributed by atoms with Crippen LogP contribution in [0, 0.1) is 0 Å². The zero-order valence-electron chi connectivity index (χ0n) is 13.8. The highest BCUT2D eigenvalue weighted by atomic mass is 16.6. The molecule has 7 heteroatoms. The molecule has 2 heterocycles. The summed E-state index contributed by atoms with van der Waals surface area (Å²) in [5.74, 6) is 0.959. The van der Waals surface area contributed by atoms with E-state index in [1.54, 1.807) is 11.1 Å². The number of aryl methyl sites for hydroxylation is 1. The molecule has 0 aromatic carbocycles. The number of carbonyl (C=O) groups excluding carboxylic acids is 1. The van der Waals surface area contributed by atoms with E-state index in [0.29, 0.717) is 32.8 Å². The molecule has 7 nitrogen and oxygen atoms in total. The summed E-state index contributed by atoms with van der Waals surface area (Å²) in [5, 5.41) is 3.33. The topological polar surface area (TPSA) is 68.6 Å². The monoisotopic (exact) mass is 310 g/mol. The molecule has 1 aliphatic heterocycles. The van der Waals surface area contributed by atoms with Crippen molar-refractivity contribution in [3.8, 4) is 0 Å². The van der Waals surface area contributed by atoms with Crippen molar-refractivity contribution in [3.05, 3.63) is 18.2 Å². The molecule has 1 saturated heterocycles. The Morgan fingerprint density at radius 1 is 1.55 bits per heavy atom. The summed E-state index contributed by atoms with van der Waals surface area (Å²) in [7, 11) is 1.96. The van der Waals surface area contributed by atoms with E-state index in [9.17, 15) is 4.79 Å². The Balaban J connectivity index is 1.87. The largest absolute Gasteiger partial charge is 0.444 e. The molecule has 1 aliphatic rings. The van der Waals surface area contributed by atoms with Gasteiger partial charge in [0.15, 0.2) is 0 Å². The number of hydrogen-bond donors (Lipinski definition) is 1. The van der Waals surface area contributed by atoms with Crippen molar-refractivity contribution < 1.29 is 14.3 Å². The van der Waals surface area contributed by atoms with Gasteiger partial charge in [0, 0.05) is 32.5 Å². The third-order valence-corrected chi connectivity index (χ3v) is 3.44. The average molecular weight is 310 g/mol. The van der Waals surface area contributed by atoms with E-state index in [0.717, 1.165) is 5.82 Å². The highest BCUT2D eigenvalue weighted by molar-refractivity contribution is 5.68. The number of nitrogens with one attached hydrogen (secondary N) is 1. The summed E-state index contributed by atoms with van der Waals surface area (Å²) in [6, 6.07) is -0.0242. The number of hydrogen-bond acceptors (Lipinski definition) is 5. The van der Waals surface area contributed by atoms with Gasteiger partial charge in [0.1, 0.15) is 11.4 Å². The fraction of sp³-hybridized carbons (Fsp3) is 0.733. The van der Waals surface area contributed by atoms with Crippen LogP contribution in [-0.4, -0.2) is 58.5 Å². The molecule has 2 rings (SSSR count). The molecule has 0 saturated carbocycles. The zero-order chi connectivity index (χ0) is 16.2. The fourth-order valence-electron chi connectivity index (χ4n) is 2.30. The highest BCUT2D eigenvalue weighted by Crippen LogP contribution is 2.14. The molecule has 1 fully saturated rings. The molecular weight excluding hydrogens is 284 g/mol. The first-order chi connectivity index (χ1) is 10.4. The van der Waals surface area contributed by atoms with Gasteiger partial charge in [-0.15, -0.1) is 0 Å². The normalized spacial score (nSPS) is 19.3. The van der Waals surface area contributed by atoms with Crippen LogP contribution in [-0.2, 0) is 23.1 Å². The van der Waals surface area contributed by atoms with Crippen LogP contribution >= 0.6 is 0 Å². The second-order valence-corrected chi connectivity index (χ2v) is 6.49. The van der Waals surface area contributed by atoms with Crippen LogP contribution in [0.3, 0.4) is 0 Å². The van der Waals surface area contributed by atoms with E-state index in [1.807, 2.05) is 38.6 Å². The molecule has 22 heavy (non-hydrogen) atoms. The van der Waals surface area contributed by atoms with Gasteiger partial charge >= 0.3 is 6.09 Å². The van der Waals surface area contributed by atoms with Gasteiger partial charge in [-0.05, 0) is 20.8 Å². The number of rotatable bonds is 4. The molecule has 1 N–H and O–H groups in total. The second-order valence-electron chi connectivity index (χ2n) is 6.49. The van der Waals surface area contributed by atoms with E-state index in [2.05, 4.69) is 10.3 Å². The number of imidazole rings is 1. The number of morpholine rings is 1. The Kier molecular flexibility index (Phi) is 5.42. The summed E-state index contributed by atoms with van der Waals surface area (Å²) < 4.78 is 12.9. The maximum atomic E-state index is 12.3. The van der Waals surface area contributed by atoms with Crippen LogP contribution in [0.2, 0.25) is 0 Å². The summed E-state index contributed by atoms with van der Waals surface area (Å²) in [6.45, 7) is 8.55. The number of ether oxygens (including phenoxy) is 2. The van der Waals surface area contributed by atoms with E-state index in [1.165, 1.54) is 0 Å². The van der Waals surface area contributed by atoms with Gasteiger partial charge in [0.25, 0.3) is 0 Å². The number of aromatic nitrogens is 2. The first-order valence-electron chi connectivity index (χ1n) is 7.61. The predicted octanol–water partition coefficient (Wildman–Crippen LogP) is 1.15. The van der Waals surface area contributed by atoms with E-state index in [-0.39, 0.29) is 12.1 Å². The molecule has 1 aromatic heterocycles. The molecule has 1 amide bonds. The number of nitrogens with zero attached hydrogens (tertiary/aromatic N) is 3. The van der Waals surface area contributed by atoms with Crippen LogP contribution in [0.1, 0.15) is 26.6 Å². The van der Waals surface area contributed by atoms with E-state index in [4.69, 9.17) is 9.47 Å². The van der Waals surface area contributed by atoms with E-state index >= 15 is 0 Å². The Morgan fingerprint density at radius 3 is 2.95 bits per heavy atom. The molecule has 0 aliphatic carbocycles. The SMILES string of the molecule is Cn1ccnc1CNCC1COCCN1C(=O)OC(C)(C)C. The highest BCUT2D eigenvalue weighted by Gasteiger charge is 2.30. The molecule has 1 atom stereocenters. The van der Waals surface area contributed by atoms with Gasteiger partial charge in [-0.25, -0.2) is 9.78 Å². The van der Waals surface area contributed by atoms with Crippen LogP contribution in [0.4, 0.5) is 4.79 Å². The summed E-state index contributed by atoms with van der Waals surface area (Å²) >= 11 is 0. The van der Waals surface area contributed by atoms with Gasteiger partial charge in [-0.2, -0.15) is 0 Å². The first-order valence-corrected chi connectivity index (χ1v) is 7.61. The minimum atomic E-state index is -0.486. The quantitative estimate of drug-likeness (QED) is 0.903. The number of amides is 1. The van der Waals surface area contributed by atoms with Crippen molar-refractivity contribution >= 4 is 6.09 Å². The zero-order valence-corrected chi connectivity index (χ0v) is 13.8. The molecular formula is C15H26N4O3. The molecule has 1 aromatic rings. The minimum Gasteiger partial charge on any atom is -0.444 e. The maximum Gasteiger partial charge on any atom is 0.410 e. The van der Waals surface area contributed by atoms with Crippen LogP contribution in [0.15, 0.2) is 12.4 Å². The van der Waals surface area contributed by atoms with Gasteiger partial charge in [0.2, 0.25) is 0 Å². The van der Waals surface area contributed by atoms with Crippen LogP contribution in [0.25, 0.3) is 0 Å². The Morgan fingerprint density at radius 2 is 2.32 bits per heavy atom. The van der Waals surface area contributed by atoms with Crippen molar-refractivity contribution in [1.82, 2.24) is 19.8 Å². The lowest BCUT2D eigenvalue weighted by Crippen LogP contribution is -2.54. The van der Waals surface area contributed by atoms with E-state index < -0.39 is 5.60 Å². The lowest BCUT2D eigenvalue weighted by atomic mass is 10.2. The average Bonchev–Trinajstić information content (AvgIpc) is 2.83.